The van der Waals surface area contributed by atoms with Gasteiger partial charge in [0.15, 0.2) is 0 Å². The van der Waals surface area contributed by atoms with Gasteiger partial charge in [0.1, 0.15) is 0 Å². The third kappa shape index (κ3) is 2.95. The fourth-order valence-corrected chi connectivity index (χ4v) is 3.60. The molecule has 1 heteroatoms. The van der Waals surface area contributed by atoms with Crippen LogP contribution in [0, 0.1) is 25.7 Å². The quantitative estimate of drug-likeness (QED) is 0.832. The van der Waals surface area contributed by atoms with Crippen molar-refractivity contribution in [1.29, 1.82) is 0 Å². The van der Waals surface area contributed by atoms with Gasteiger partial charge in [0.2, 0.25) is 0 Å². The molecule has 0 spiro atoms. The average Bonchev–Trinajstić information content (AvgIpc) is 2.33. The Morgan fingerprint density at radius 2 is 2.00 bits per heavy atom. The molecule has 0 amide bonds. The van der Waals surface area contributed by atoms with E-state index in [-0.39, 0.29) is 0 Å². The zero-order valence-corrected chi connectivity index (χ0v) is 12.3. The van der Waals surface area contributed by atoms with Crippen LogP contribution in [0.1, 0.15) is 55.3 Å². The standard InChI is InChI=1S/C17H27N/c1-12-6-5-7-15(11-12)17(18-4)16-9-8-13(2)10-14(16)3/h8-10,12,15,17-18H,5-7,11H2,1-4H3. The van der Waals surface area contributed by atoms with Gasteiger partial charge in [0, 0.05) is 6.04 Å². The highest BCUT2D eigenvalue weighted by atomic mass is 14.9. The normalized spacial score (nSPS) is 26.0. The van der Waals surface area contributed by atoms with Gasteiger partial charge in [-0.3, -0.25) is 0 Å². The molecule has 1 saturated carbocycles. The highest BCUT2D eigenvalue weighted by Gasteiger charge is 2.27. The average molecular weight is 245 g/mol. The van der Waals surface area contributed by atoms with Crippen LogP contribution in [-0.2, 0) is 0 Å². The Bertz CT molecular complexity index is 397. The Labute approximate surface area is 112 Å². The summed E-state index contributed by atoms with van der Waals surface area (Å²) in [5, 5.41) is 3.57. The first-order valence-corrected chi connectivity index (χ1v) is 7.36. The molecule has 1 fully saturated rings. The molecule has 1 aliphatic rings. The molecule has 0 bridgehead atoms. The lowest BCUT2D eigenvalue weighted by Crippen LogP contribution is -2.29. The number of aryl methyl sites for hydroxylation is 2. The molecule has 2 rings (SSSR count). The third-order valence-corrected chi connectivity index (χ3v) is 4.52. The molecule has 1 aromatic carbocycles. The van der Waals surface area contributed by atoms with E-state index >= 15 is 0 Å². The molecule has 1 aliphatic carbocycles. The Morgan fingerprint density at radius 1 is 1.22 bits per heavy atom. The smallest absolute Gasteiger partial charge is 0.0348 e. The van der Waals surface area contributed by atoms with Crippen molar-refractivity contribution in [3.8, 4) is 0 Å². The molecule has 1 aromatic rings. The highest BCUT2D eigenvalue weighted by molar-refractivity contribution is 5.33. The van der Waals surface area contributed by atoms with Gasteiger partial charge >= 0.3 is 0 Å². The molecule has 0 saturated heterocycles. The molecular formula is C17H27N. The molecule has 1 nitrogen and oxygen atoms in total. The van der Waals surface area contributed by atoms with Gasteiger partial charge in [-0.15, -0.1) is 0 Å². The van der Waals surface area contributed by atoms with Crippen LogP contribution >= 0.6 is 0 Å². The van der Waals surface area contributed by atoms with Gasteiger partial charge in [-0.25, -0.2) is 0 Å². The van der Waals surface area contributed by atoms with E-state index in [0.717, 1.165) is 11.8 Å². The second kappa shape index (κ2) is 5.88. The molecule has 3 unspecified atom stereocenters. The summed E-state index contributed by atoms with van der Waals surface area (Å²) in [6.07, 6.45) is 5.57. The van der Waals surface area contributed by atoms with E-state index < -0.39 is 0 Å². The van der Waals surface area contributed by atoms with Crippen molar-refractivity contribution in [1.82, 2.24) is 5.32 Å². The summed E-state index contributed by atoms with van der Waals surface area (Å²) < 4.78 is 0. The lowest BCUT2D eigenvalue weighted by atomic mass is 9.76. The van der Waals surface area contributed by atoms with Crippen LogP contribution in [0.2, 0.25) is 0 Å². The fraction of sp³-hybridized carbons (Fsp3) is 0.647. The van der Waals surface area contributed by atoms with E-state index in [9.17, 15) is 0 Å². The van der Waals surface area contributed by atoms with Crippen LogP contribution in [0.25, 0.3) is 0 Å². The summed E-state index contributed by atoms with van der Waals surface area (Å²) in [6.45, 7) is 6.83. The van der Waals surface area contributed by atoms with Crippen LogP contribution in [0.4, 0.5) is 0 Å². The molecule has 0 aliphatic heterocycles. The van der Waals surface area contributed by atoms with E-state index in [1.54, 1.807) is 0 Å². The number of benzene rings is 1. The van der Waals surface area contributed by atoms with E-state index in [1.165, 1.54) is 42.4 Å². The number of hydrogen-bond donors (Lipinski definition) is 1. The van der Waals surface area contributed by atoms with E-state index in [4.69, 9.17) is 0 Å². The first kappa shape index (κ1) is 13.6. The Morgan fingerprint density at radius 3 is 2.61 bits per heavy atom. The summed E-state index contributed by atoms with van der Waals surface area (Å²) in [6, 6.07) is 7.42. The zero-order chi connectivity index (χ0) is 13.1. The van der Waals surface area contributed by atoms with Crippen LogP contribution in [-0.4, -0.2) is 7.05 Å². The van der Waals surface area contributed by atoms with Crippen molar-refractivity contribution in [2.75, 3.05) is 7.05 Å². The summed E-state index contributed by atoms with van der Waals surface area (Å²) in [7, 11) is 2.11. The number of rotatable bonds is 3. The molecule has 3 atom stereocenters. The monoisotopic (exact) mass is 245 g/mol. The van der Waals surface area contributed by atoms with Crippen LogP contribution in [0.5, 0.6) is 0 Å². The molecule has 18 heavy (non-hydrogen) atoms. The lowest BCUT2D eigenvalue weighted by Gasteiger charge is -2.34. The van der Waals surface area contributed by atoms with Crippen molar-refractivity contribution in [2.24, 2.45) is 11.8 Å². The summed E-state index contributed by atoms with van der Waals surface area (Å²) >= 11 is 0. The maximum absolute atomic E-state index is 3.57. The van der Waals surface area contributed by atoms with Crippen molar-refractivity contribution in [3.63, 3.8) is 0 Å². The van der Waals surface area contributed by atoms with E-state index in [1.807, 2.05) is 0 Å². The minimum absolute atomic E-state index is 0.536. The Kier molecular flexibility index (Phi) is 4.45. The summed E-state index contributed by atoms with van der Waals surface area (Å²) in [4.78, 5) is 0. The van der Waals surface area contributed by atoms with Gasteiger partial charge in [-0.05, 0) is 56.7 Å². The topological polar surface area (TPSA) is 12.0 Å². The second-order valence-corrected chi connectivity index (χ2v) is 6.16. The van der Waals surface area contributed by atoms with Gasteiger partial charge in [-0.1, -0.05) is 43.5 Å². The lowest BCUT2D eigenvalue weighted by molar-refractivity contribution is 0.229. The molecule has 1 N–H and O–H groups in total. The minimum atomic E-state index is 0.536. The largest absolute Gasteiger partial charge is 0.313 e. The molecular weight excluding hydrogens is 218 g/mol. The van der Waals surface area contributed by atoms with E-state index in [2.05, 4.69) is 51.3 Å². The SMILES string of the molecule is CNC(c1ccc(C)cc1C)C1CCCC(C)C1. The van der Waals surface area contributed by atoms with Gasteiger partial charge in [-0.2, -0.15) is 0 Å². The Hall–Kier alpha value is -0.820. The zero-order valence-electron chi connectivity index (χ0n) is 12.3. The van der Waals surface area contributed by atoms with Gasteiger partial charge in [0.05, 0.1) is 0 Å². The van der Waals surface area contributed by atoms with Crippen LogP contribution < -0.4 is 5.32 Å². The highest BCUT2D eigenvalue weighted by Crippen LogP contribution is 2.37. The minimum Gasteiger partial charge on any atom is -0.313 e. The number of hydrogen-bond acceptors (Lipinski definition) is 1. The molecule has 100 valence electrons. The summed E-state index contributed by atoms with van der Waals surface area (Å²) in [5.74, 6) is 1.70. The maximum atomic E-state index is 3.57. The molecule has 0 heterocycles. The third-order valence-electron chi connectivity index (χ3n) is 4.52. The van der Waals surface area contributed by atoms with Gasteiger partial charge < -0.3 is 5.32 Å². The predicted octanol–water partition coefficient (Wildman–Crippen LogP) is 4.39. The number of nitrogens with one attached hydrogen (secondary N) is 1. The van der Waals surface area contributed by atoms with Gasteiger partial charge in [0.25, 0.3) is 0 Å². The van der Waals surface area contributed by atoms with Crippen molar-refractivity contribution < 1.29 is 0 Å². The predicted molar refractivity (Wildman–Crippen MR) is 78.8 cm³/mol. The van der Waals surface area contributed by atoms with Crippen molar-refractivity contribution in [2.45, 2.75) is 52.5 Å². The van der Waals surface area contributed by atoms with Crippen LogP contribution in [0.3, 0.4) is 0 Å². The Balaban J connectivity index is 2.21. The van der Waals surface area contributed by atoms with Crippen molar-refractivity contribution >= 4 is 0 Å². The first-order valence-electron chi connectivity index (χ1n) is 7.36. The van der Waals surface area contributed by atoms with E-state index in [0.29, 0.717) is 6.04 Å². The fourth-order valence-electron chi connectivity index (χ4n) is 3.60. The summed E-state index contributed by atoms with van der Waals surface area (Å²) in [5.41, 5.74) is 4.30. The first-order chi connectivity index (χ1) is 8.61. The maximum Gasteiger partial charge on any atom is 0.0348 e. The second-order valence-electron chi connectivity index (χ2n) is 6.16. The molecule has 0 aromatic heterocycles. The van der Waals surface area contributed by atoms with Crippen molar-refractivity contribution in [3.05, 3.63) is 34.9 Å². The molecule has 0 radical (unpaired) electrons. The van der Waals surface area contributed by atoms with Crippen LogP contribution in [0.15, 0.2) is 18.2 Å².